The van der Waals surface area contributed by atoms with Gasteiger partial charge < -0.3 is 5.32 Å². The zero-order valence-corrected chi connectivity index (χ0v) is 8.64. The van der Waals surface area contributed by atoms with Gasteiger partial charge in [0.05, 0.1) is 4.75 Å². The molecule has 0 aromatic rings. The summed E-state index contributed by atoms with van der Waals surface area (Å²) in [7, 11) is 3.43. The summed E-state index contributed by atoms with van der Waals surface area (Å²) in [6.45, 7) is 5.95. The number of hydrogen-bond donors (Lipinski definition) is 1. The van der Waals surface area contributed by atoms with Gasteiger partial charge in [-0.25, -0.2) is 0 Å². The number of rotatable bonds is 0. The van der Waals surface area contributed by atoms with E-state index in [-0.39, 0.29) is 10.7 Å². The molecule has 11 heavy (non-hydrogen) atoms. The van der Waals surface area contributed by atoms with Gasteiger partial charge in [-0.15, -0.1) is 0 Å². The SMILES string of the molecule is CC1CSSC(C)(C)C(=O)N1. The average Bonchev–Trinajstić information content (AvgIpc) is 1.94. The second kappa shape index (κ2) is 3.27. The van der Waals surface area contributed by atoms with Crippen LogP contribution in [0.25, 0.3) is 0 Å². The van der Waals surface area contributed by atoms with Crippen molar-refractivity contribution in [2.24, 2.45) is 0 Å². The molecule has 1 amide bonds. The molecule has 1 rings (SSSR count). The topological polar surface area (TPSA) is 29.1 Å². The van der Waals surface area contributed by atoms with Crippen molar-refractivity contribution < 1.29 is 4.79 Å². The molecule has 0 saturated carbocycles. The van der Waals surface area contributed by atoms with E-state index in [4.69, 9.17) is 0 Å². The molecule has 1 aliphatic heterocycles. The van der Waals surface area contributed by atoms with E-state index >= 15 is 0 Å². The summed E-state index contributed by atoms with van der Waals surface area (Å²) in [5.41, 5.74) is 0. The highest BCUT2D eigenvalue weighted by atomic mass is 33.1. The van der Waals surface area contributed by atoms with Gasteiger partial charge in [0, 0.05) is 11.8 Å². The van der Waals surface area contributed by atoms with Crippen molar-refractivity contribution in [3.05, 3.63) is 0 Å². The van der Waals surface area contributed by atoms with E-state index in [0.717, 1.165) is 5.75 Å². The van der Waals surface area contributed by atoms with Crippen molar-refractivity contribution in [1.29, 1.82) is 0 Å². The number of carbonyl (C=O) groups is 1. The Balaban J connectivity index is 2.66. The maximum absolute atomic E-state index is 11.4. The first kappa shape index (κ1) is 9.26. The molecule has 0 radical (unpaired) electrons. The number of nitrogens with one attached hydrogen (secondary N) is 1. The molecular formula is C7H13NOS2. The van der Waals surface area contributed by atoms with Crippen LogP contribution in [0, 0.1) is 0 Å². The summed E-state index contributed by atoms with van der Waals surface area (Å²) in [5.74, 6) is 1.15. The summed E-state index contributed by atoms with van der Waals surface area (Å²) in [4.78, 5) is 11.4. The summed E-state index contributed by atoms with van der Waals surface area (Å²) in [5, 5.41) is 2.95. The van der Waals surface area contributed by atoms with E-state index in [1.165, 1.54) is 0 Å². The Morgan fingerprint density at radius 1 is 1.64 bits per heavy atom. The molecule has 2 nitrogen and oxygen atoms in total. The molecule has 1 unspecified atom stereocenters. The normalized spacial score (nSPS) is 30.8. The maximum Gasteiger partial charge on any atom is 0.236 e. The van der Waals surface area contributed by atoms with Crippen molar-refractivity contribution in [2.75, 3.05) is 5.75 Å². The number of hydrogen-bond acceptors (Lipinski definition) is 3. The molecule has 0 spiro atoms. The average molecular weight is 191 g/mol. The van der Waals surface area contributed by atoms with Gasteiger partial charge in [-0.3, -0.25) is 4.79 Å². The fraction of sp³-hybridized carbons (Fsp3) is 0.857. The standard InChI is InChI=1S/C7H13NOS2/c1-5-4-10-11-7(2,3)6(9)8-5/h5H,4H2,1-3H3,(H,8,9). The first-order chi connectivity index (χ1) is 5.02. The quantitative estimate of drug-likeness (QED) is 0.590. The lowest BCUT2D eigenvalue weighted by Crippen LogP contribution is -2.42. The van der Waals surface area contributed by atoms with Crippen LogP contribution in [-0.4, -0.2) is 22.4 Å². The molecule has 1 saturated heterocycles. The summed E-state index contributed by atoms with van der Waals surface area (Å²) in [6.07, 6.45) is 0. The van der Waals surface area contributed by atoms with Gasteiger partial charge in [0.25, 0.3) is 0 Å². The van der Waals surface area contributed by atoms with Gasteiger partial charge in [0.1, 0.15) is 0 Å². The molecule has 1 N–H and O–H groups in total. The fourth-order valence-corrected chi connectivity index (χ4v) is 3.47. The van der Waals surface area contributed by atoms with Gasteiger partial charge >= 0.3 is 0 Å². The Morgan fingerprint density at radius 3 is 2.91 bits per heavy atom. The van der Waals surface area contributed by atoms with Gasteiger partial charge in [-0.1, -0.05) is 21.6 Å². The van der Waals surface area contributed by atoms with Gasteiger partial charge in [-0.05, 0) is 20.8 Å². The van der Waals surface area contributed by atoms with Crippen LogP contribution in [0.5, 0.6) is 0 Å². The first-order valence-corrected chi connectivity index (χ1v) is 5.96. The minimum absolute atomic E-state index is 0.153. The molecule has 64 valence electrons. The molecule has 1 heterocycles. The van der Waals surface area contributed by atoms with Crippen molar-refractivity contribution in [3.8, 4) is 0 Å². The third-order valence-corrected chi connectivity index (χ3v) is 4.88. The van der Waals surface area contributed by atoms with Crippen LogP contribution in [0.1, 0.15) is 20.8 Å². The predicted molar refractivity (Wildman–Crippen MR) is 51.7 cm³/mol. The minimum atomic E-state index is -0.268. The van der Waals surface area contributed by atoms with Crippen LogP contribution in [0.3, 0.4) is 0 Å². The van der Waals surface area contributed by atoms with Crippen LogP contribution in [0.4, 0.5) is 0 Å². The van der Waals surface area contributed by atoms with E-state index in [2.05, 4.69) is 5.32 Å². The van der Waals surface area contributed by atoms with Crippen molar-refractivity contribution in [1.82, 2.24) is 5.32 Å². The second-order valence-electron chi connectivity index (χ2n) is 3.25. The van der Waals surface area contributed by atoms with E-state index in [0.29, 0.717) is 6.04 Å². The van der Waals surface area contributed by atoms with Gasteiger partial charge in [0.15, 0.2) is 0 Å². The zero-order valence-electron chi connectivity index (χ0n) is 7.01. The van der Waals surface area contributed by atoms with Crippen molar-refractivity contribution in [2.45, 2.75) is 31.6 Å². The predicted octanol–water partition coefficient (Wildman–Crippen LogP) is 1.66. The third-order valence-electron chi connectivity index (χ3n) is 1.51. The Hall–Kier alpha value is 0.170. The van der Waals surface area contributed by atoms with E-state index in [9.17, 15) is 4.79 Å². The van der Waals surface area contributed by atoms with Gasteiger partial charge in [-0.2, -0.15) is 0 Å². The third kappa shape index (κ3) is 2.30. The number of amides is 1. The van der Waals surface area contributed by atoms with Crippen LogP contribution in [0.15, 0.2) is 0 Å². The van der Waals surface area contributed by atoms with E-state index in [1.807, 2.05) is 20.8 Å². The van der Waals surface area contributed by atoms with Crippen LogP contribution < -0.4 is 5.32 Å². The molecule has 1 aliphatic rings. The highest BCUT2D eigenvalue weighted by Crippen LogP contribution is 2.37. The molecular weight excluding hydrogens is 178 g/mol. The molecule has 1 fully saturated rings. The molecule has 0 aliphatic carbocycles. The lowest BCUT2D eigenvalue weighted by Gasteiger charge is -2.18. The first-order valence-electron chi connectivity index (χ1n) is 3.64. The number of carbonyl (C=O) groups excluding carboxylic acids is 1. The van der Waals surface area contributed by atoms with Crippen molar-refractivity contribution in [3.63, 3.8) is 0 Å². The highest BCUT2D eigenvalue weighted by molar-refractivity contribution is 8.77. The lowest BCUT2D eigenvalue weighted by molar-refractivity contribution is -0.123. The van der Waals surface area contributed by atoms with E-state index < -0.39 is 0 Å². The molecule has 0 bridgehead atoms. The van der Waals surface area contributed by atoms with Crippen LogP contribution in [-0.2, 0) is 4.79 Å². The van der Waals surface area contributed by atoms with E-state index in [1.54, 1.807) is 21.6 Å². The monoisotopic (exact) mass is 191 g/mol. The lowest BCUT2D eigenvalue weighted by atomic mass is 10.2. The molecule has 1 atom stereocenters. The zero-order chi connectivity index (χ0) is 8.48. The summed E-state index contributed by atoms with van der Waals surface area (Å²) < 4.78 is -0.268. The minimum Gasteiger partial charge on any atom is -0.352 e. The fourth-order valence-electron chi connectivity index (χ4n) is 0.760. The Kier molecular flexibility index (Phi) is 2.75. The smallest absolute Gasteiger partial charge is 0.236 e. The largest absolute Gasteiger partial charge is 0.352 e. The Labute approximate surface area is 75.3 Å². The highest BCUT2D eigenvalue weighted by Gasteiger charge is 2.32. The maximum atomic E-state index is 11.4. The second-order valence-corrected chi connectivity index (χ2v) is 6.22. The van der Waals surface area contributed by atoms with Crippen molar-refractivity contribution >= 4 is 27.5 Å². The summed E-state index contributed by atoms with van der Waals surface area (Å²) in [6, 6.07) is 0.307. The van der Waals surface area contributed by atoms with Gasteiger partial charge in [0.2, 0.25) is 5.91 Å². The Bertz CT molecular complexity index is 170. The molecule has 0 aromatic heterocycles. The van der Waals surface area contributed by atoms with Crippen LogP contribution >= 0.6 is 21.6 Å². The van der Waals surface area contributed by atoms with Crippen LogP contribution in [0.2, 0.25) is 0 Å². The Morgan fingerprint density at radius 2 is 2.27 bits per heavy atom. The molecule has 4 heteroatoms. The molecule has 0 aromatic carbocycles. The summed E-state index contributed by atoms with van der Waals surface area (Å²) >= 11 is 0.